The van der Waals surface area contributed by atoms with E-state index in [1.165, 1.54) is 0 Å². The van der Waals surface area contributed by atoms with Crippen LogP contribution in [0.3, 0.4) is 0 Å². The number of hydrogen-bond acceptors (Lipinski definition) is 4. The van der Waals surface area contributed by atoms with Crippen LogP contribution in [0, 0.1) is 0 Å². The first kappa shape index (κ1) is 16.2. The van der Waals surface area contributed by atoms with Crippen molar-refractivity contribution in [1.82, 2.24) is 0 Å². The summed E-state index contributed by atoms with van der Waals surface area (Å²) in [6.45, 7) is 1.42. The Hall–Kier alpha value is -1.79. The highest BCUT2D eigenvalue weighted by Gasteiger charge is 2.07. The number of carbonyl (C=O) groups is 2. The summed E-state index contributed by atoms with van der Waals surface area (Å²) in [5.74, 6) is -0.308. The number of nitrogens with two attached hydrogens (primary N) is 2. The number of benzene rings is 1. The molecule has 0 bridgehead atoms. The fourth-order valence-electron chi connectivity index (χ4n) is 1.05. The summed E-state index contributed by atoms with van der Waals surface area (Å²) in [5, 5.41) is 2.62. The molecule has 2 amide bonds. The summed E-state index contributed by atoms with van der Waals surface area (Å²) in [7, 11) is 0. The monoisotopic (exact) mass is 273 g/mol. The van der Waals surface area contributed by atoms with E-state index < -0.39 is 11.9 Å². The number of nitrogens with one attached hydrogen (secondary N) is 1. The van der Waals surface area contributed by atoms with E-state index in [-0.39, 0.29) is 24.9 Å². The van der Waals surface area contributed by atoms with Crippen LogP contribution in [0.25, 0.3) is 0 Å². The van der Waals surface area contributed by atoms with Crippen LogP contribution in [0.1, 0.15) is 6.92 Å². The Balaban J connectivity index is 0.00000289. The Labute approximate surface area is 111 Å². The summed E-state index contributed by atoms with van der Waals surface area (Å²) in [6.07, 6.45) is 0. The second-order valence-corrected chi connectivity index (χ2v) is 3.56. The van der Waals surface area contributed by atoms with Gasteiger partial charge in [-0.2, -0.15) is 0 Å². The van der Waals surface area contributed by atoms with E-state index in [1.54, 1.807) is 31.2 Å². The van der Waals surface area contributed by atoms with E-state index in [4.69, 9.17) is 16.2 Å². The smallest absolute Gasteiger partial charge is 0.255 e. The number of anilines is 1. The van der Waals surface area contributed by atoms with Crippen molar-refractivity contribution >= 4 is 29.9 Å². The predicted molar refractivity (Wildman–Crippen MR) is 70.7 cm³/mol. The predicted octanol–water partition coefficient (Wildman–Crippen LogP) is 0.258. The fourth-order valence-corrected chi connectivity index (χ4v) is 1.05. The van der Waals surface area contributed by atoms with E-state index in [0.717, 1.165) is 0 Å². The third-order valence-electron chi connectivity index (χ3n) is 1.92. The molecule has 0 aliphatic rings. The van der Waals surface area contributed by atoms with Crippen molar-refractivity contribution in [3.8, 4) is 5.75 Å². The normalized spacial score (nSPS) is 11.0. The molecule has 0 fully saturated rings. The van der Waals surface area contributed by atoms with Gasteiger partial charge < -0.3 is 21.5 Å². The van der Waals surface area contributed by atoms with Crippen LogP contribution in [-0.4, -0.2) is 24.5 Å². The van der Waals surface area contributed by atoms with Gasteiger partial charge in [0.05, 0.1) is 6.04 Å². The maximum Gasteiger partial charge on any atom is 0.255 e. The molecule has 18 heavy (non-hydrogen) atoms. The number of primary amides is 1. The van der Waals surface area contributed by atoms with Crippen LogP contribution in [0.15, 0.2) is 24.3 Å². The minimum absolute atomic E-state index is 0. The van der Waals surface area contributed by atoms with Crippen molar-refractivity contribution in [3.63, 3.8) is 0 Å². The van der Waals surface area contributed by atoms with Gasteiger partial charge in [0, 0.05) is 5.69 Å². The quantitative estimate of drug-likeness (QED) is 0.715. The molecule has 1 rings (SSSR count). The number of rotatable bonds is 5. The van der Waals surface area contributed by atoms with Gasteiger partial charge in [0.1, 0.15) is 5.75 Å². The van der Waals surface area contributed by atoms with Gasteiger partial charge in [-0.3, -0.25) is 9.59 Å². The molecule has 0 aliphatic carbocycles. The molecule has 0 saturated carbocycles. The lowest BCUT2D eigenvalue weighted by molar-refractivity contribution is -0.120. The van der Waals surface area contributed by atoms with Crippen LogP contribution in [0.2, 0.25) is 0 Å². The van der Waals surface area contributed by atoms with Crippen molar-refractivity contribution in [2.45, 2.75) is 13.0 Å². The molecule has 0 heterocycles. The molecule has 0 spiro atoms. The average Bonchev–Trinajstić information content (AvgIpc) is 2.28. The van der Waals surface area contributed by atoms with Crippen molar-refractivity contribution < 1.29 is 14.3 Å². The van der Waals surface area contributed by atoms with Gasteiger partial charge in [0.2, 0.25) is 5.91 Å². The zero-order valence-corrected chi connectivity index (χ0v) is 10.7. The topological polar surface area (TPSA) is 107 Å². The third kappa shape index (κ3) is 5.51. The molecule has 6 nitrogen and oxygen atoms in total. The Bertz CT molecular complexity index is 406. The molecular weight excluding hydrogens is 258 g/mol. The third-order valence-corrected chi connectivity index (χ3v) is 1.92. The van der Waals surface area contributed by atoms with Gasteiger partial charge in [-0.15, -0.1) is 12.4 Å². The van der Waals surface area contributed by atoms with Crippen molar-refractivity contribution in [3.05, 3.63) is 24.3 Å². The van der Waals surface area contributed by atoms with Gasteiger partial charge in [-0.1, -0.05) is 0 Å². The highest BCUT2D eigenvalue weighted by atomic mass is 35.5. The first-order valence-electron chi connectivity index (χ1n) is 5.06. The molecule has 1 atom stereocenters. The lowest BCUT2D eigenvalue weighted by Crippen LogP contribution is -2.32. The molecule has 7 heteroatoms. The maximum atomic E-state index is 11.3. The number of halogens is 1. The van der Waals surface area contributed by atoms with Gasteiger partial charge >= 0.3 is 0 Å². The maximum absolute atomic E-state index is 11.3. The van der Waals surface area contributed by atoms with E-state index in [2.05, 4.69) is 5.32 Å². The average molecular weight is 274 g/mol. The minimum Gasteiger partial charge on any atom is -0.484 e. The Morgan fingerprint density at radius 1 is 1.33 bits per heavy atom. The molecule has 100 valence electrons. The van der Waals surface area contributed by atoms with Gasteiger partial charge in [0.15, 0.2) is 6.61 Å². The van der Waals surface area contributed by atoms with E-state index in [0.29, 0.717) is 11.4 Å². The van der Waals surface area contributed by atoms with Crippen LogP contribution < -0.4 is 21.5 Å². The van der Waals surface area contributed by atoms with Crippen LogP contribution in [-0.2, 0) is 9.59 Å². The Morgan fingerprint density at radius 3 is 2.33 bits per heavy atom. The number of amides is 2. The van der Waals surface area contributed by atoms with Crippen molar-refractivity contribution in [2.24, 2.45) is 11.5 Å². The SMILES string of the molecule is CC(N)C(=O)Nc1ccc(OCC(N)=O)cc1.Cl. The zero-order chi connectivity index (χ0) is 12.8. The van der Waals surface area contributed by atoms with Crippen molar-refractivity contribution in [1.29, 1.82) is 0 Å². The van der Waals surface area contributed by atoms with E-state index >= 15 is 0 Å². The fraction of sp³-hybridized carbons (Fsp3) is 0.273. The molecule has 0 saturated heterocycles. The van der Waals surface area contributed by atoms with Gasteiger partial charge in [0.25, 0.3) is 5.91 Å². The summed E-state index contributed by atoms with van der Waals surface area (Å²) in [4.78, 5) is 21.8. The highest BCUT2D eigenvalue weighted by molar-refractivity contribution is 5.94. The number of carbonyl (C=O) groups excluding carboxylic acids is 2. The van der Waals surface area contributed by atoms with Crippen LogP contribution in [0.4, 0.5) is 5.69 Å². The summed E-state index contributed by atoms with van der Waals surface area (Å²) in [5.41, 5.74) is 11.0. The second-order valence-electron chi connectivity index (χ2n) is 3.56. The van der Waals surface area contributed by atoms with Crippen LogP contribution >= 0.6 is 12.4 Å². The second kappa shape index (κ2) is 7.52. The number of hydrogen-bond donors (Lipinski definition) is 3. The van der Waals surface area contributed by atoms with Crippen molar-refractivity contribution in [2.75, 3.05) is 11.9 Å². The van der Waals surface area contributed by atoms with E-state index in [1.807, 2.05) is 0 Å². The first-order valence-corrected chi connectivity index (χ1v) is 5.06. The molecule has 1 aromatic rings. The Kier molecular flexibility index (Phi) is 6.77. The lowest BCUT2D eigenvalue weighted by Gasteiger charge is -2.08. The minimum atomic E-state index is -0.569. The highest BCUT2D eigenvalue weighted by Crippen LogP contribution is 2.15. The largest absolute Gasteiger partial charge is 0.484 e. The van der Waals surface area contributed by atoms with Gasteiger partial charge in [-0.05, 0) is 31.2 Å². The summed E-state index contributed by atoms with van der Waals surface area (Å²) < 4.78 is 5.06. The molecule has 1 unspecified atom stereocenters. The summed E-state index contributed by atoms with van der Waals surface area (Å²) in [6, 6.07) is 5.98. The standard InChI is InChI=1S/C11H15N3O3.ClH/c1-7(12)11(16)14-8-2-4-9(5-3-8)17-6-10(13)15;/h2-5,7H,6,12H2,1H3,(H2,13,15)(H,14,16);1H. The molecule has 0 radical (unpaired) electrons. The number of ether oxygens (including phenoxy) is 1. The first-order chi connectivity index (χ1) is 7.99. The lowest BCUT2D eigenvalue weighted by atomic mass is 10.2. The van der Waals surface area contributed by atoms with Crippen LogP contribution in [0.5, 0.6) is 5.75 Å². The Morgan fingerprint density at radius 2 is 1.89 bits per heavy atom. The molecule has 5 N–H and O–H groups in total. The molecule has 0 aliphatic heterocycles. The summed E-state index contributed by atoms with van der Waals surface area (Å²) >= 11 is 0. The zero-order valence-electron chi connectivity index (χ0n) is 9.88. The molecule has 0 aromatic heterocycles. The van der Waals surface area contributed by atoms with Gasteiger partial charge in [-0.25, -0.2) is 0 Å². The molecular formula is C11H16ClN3O3. The molecule has 1 aromatic carbocycles. The van der Waals surface area contributed by atoms with E-state index in [9.17, 15) is 9.59 Å².